The first kappa shape index (κ1) is 23.1. The lowest BCUT2D eigenvalue weighted by Crippen LogP contribution is -2.25. The summed E-state index contributed by atoms with van der Waals surface area (Å²) in [6.45, 7) is 10.5. The highest BCUT2D eigenvalue weighted by Gasteiger charge is 2.22. The molecule has 30 heavy (non-hydrogen) atoms. The van der Waals surface area contributed by atoms with Gasteiger partial charge in [0.2, 0.25) is 5.78 Å². The summed E-state index contributed by atoms with van der Waals surface area (Å²) in [6, 6.07) is 9.14. The lowest BCUT2D eigenvalue weighted by molar-refractivity contribution is -0.141. The molecule has 0 radical (unpaired) electrons. The third kappa shape index (κ3) is 5.25. The number of nitrogens with zero attached hydrogens (tertiary/aromatic N) is 2. The molecule has 6 nitrogen and oxygen atoms in total. The number of carbonyl (C=O) groups is 2. The number of aromatic nitrogens is 1. The largest absolute Gasteiger partial charge is 0.450 e. The van der Waals surface area contributed by atoms with E-state index in [1.807, 2.05) is 45.9 Å². The molecule has 0 bridgehead atoms. The van der Waals surface area contributed by atoms with E-state index in [9.17, 15) is 14.9 Å². The minimum absolute atomic E-state index is 0.151. The van der Waals surface area contributed by atoms with Gasteiger partial charge in [-0.1, -0.05) is 12.1 Å². The molecule has 0 N–H and O–H groups in total. The molecule has 1 heterocycles. The molecule has 0 fully saturated rings. The Morgan fingerprint density at radius 2 is 1.87 bits per heavy atom. The Bertz CT molecular complexity index is 1020. The van der Waals surface area contributed by atoms with Crippen LogP contribution in [0.4, 0.5) is 0 Å². The van der Waals surface area contributed by atoms with E-state index in [-0.39, 0.29) is 11.4 Å². The Kier molecular flexibility index (Phi) is 7.73. The predicted molar refractivity (Wildman–Crippen MR) is 115 cm³/mol. The molecular weight excluding hydrogens is 380 g/mol. The van der Waals surface area contributed by atoms with E-state index in [0.29, 0.717) is 18.7 Å². The van der Waals surface area contributed by atoms with Gasteiger partial charge in [0.05, 0.1) is 6.61 Å². The van der Waals surface area contributed by atoms with Gasteiger partial charge >= 0.3 is 5.97 Å². The topological polar surface area (TPSA) is 81.3 Å². The summed E-state index contributed by atoms with van der Waals surface area (Å²) in [5.74, 6) is -1.12. The quantitative estimate of drug-likeness (QED) is 0.284. The van der Waals surface area contributed by atoms with Crippen molar-refractivity contribution in [2.75, 3.05) is 13.7 Å². The normalized spacial score (nSPS) is 12.4. The van der Waals surface area contributed by atoms with Crippen molar-refractivity contribution in [3.63, 3.8) is 0 Å². The summed E-state index contributed by atoms with van der Waals surface area (Å²) in [7, 11) is 1.64. The highest BCUT2D eigenvalue weighted by Crippen LogP contribution is 2.19. The lowest BCUT2D eigenvalue weighted by Gasteiger charge is -2.13. The first-order chi connectivity index (χ1) is 14.2. The van der Waals surface area contributed by atoms with Crippen LogP contribution in [0.1, 0.15) is 45.4 Å². The van der Waals surface area contributed by atoms with Crippen LogP contribution in [0, 0.1) is 39.0 Å². The fourth-order valence-electron chi connectivity index (χ4n) is 3.20. The molecule has 0 aliphatic heterocycles. The van der Waals surface area contributed by atoms with Crippen LogP contribution < -0.4 is 0 Å². The Morgan fingerprint density at radius 3 is 2.47 bits per heavy atom. The molecule has 0 aliphatic carbocycles. The molecule has 0 amide bonds. The molecule has 0 aliphatic rings. The van der Waals surface area contributed by atoms with Gasteiger partial charge < -0.3 is 14.0 Å². The molecule has 0 saturated carbocycles. The van der Waals surface area contributed by atoms with Gasteiger partial charge in [0.25, 0.3) is 0 Å². The van der Waals surface area contributed by atoms with Gasteiger partial charge in [0.1, 0.15) is 11.6 Å². The van der Waals surface area contributed by atoms with Crippen LogP contribution >= 0.6 is 0 Å². The van der Waals surface area contributed by atoms with Crippen molar-refractivity contribution in [2.24, 2.45) is 0 Å². The van der Waals surface area contributed by atoms with E-state index in [0.717, 1.165) is 28.1 Å². The zero-order valence-corrected chi connectivity index (χ0v) is 18.4. The first-order valence-electron chi connectivity index (χ1n) is 9.79. The number of Topliss-reactive ketones (excluding diaryl/α,β-unsaturated/α-hetero) is 1. The molecule has 0 saturated heterocycles. The first-order valence-corrected chi connectivity index (χ1v) is 9.79. The second kappa shape index (κ2) is 10.0. The summed E-state index contributed by atoms with van der Waals surface area (Å²) in [5.41, 5.74) is 5.06. The number of methoxy groups -OCH3 is 1. The number of rotatable bonds is 8. The van der Waals surface area contributed by atoms with Crippen molar-refractivity contribution in [1.29, 1.82) is 5.26 Å². The summed E-state index contributed by atoms with van der Waals surface area (Å²) in [4.78, 5) is 25.1. The van der Waals surface area contributed by atoms with Crippen LogP contribution in [0.2, 0.25) is 0 Å². The lowest BCUT2D eigenvalue weighted by atomic mass is 10.0. The minimum Gasteiger partial charge on any atom is -0.450 e. The minimum atomic E-state index is -0.995. The van der Waals surface area contributed by atoms with Crippen LogP contribution in [0.3, 0.4) is 0 Å². The van der Waals surface area contributed by atoms with Crippen molar-refractivity contribution in [2.45, 2.75) is 47.3 Å². The third-order valence-corrected chi connectivity index (χ3v) is 5.22. The molecule has 1 aromatic carbocycles. The number of hydrogen-bond donors (Lipinski definition) is 0. The predicted octanol–water partition coefficient (Wildman–Crippen LogP) is 4.09. The van der Waals surface area contributed by atoms with Crippen molar-refractivity contribution in [3.8, 4) is 6.07 Å². The van der Waals surface area contributed by atoms with E-state index in [2.05, 4.69) is 4.57 Å². The fraction of sp³-hybridized carbons (Fsp3) is 0.375. The number of carbonyl (C=O) groups excluding carboxylic acids is 2. The maximum Gasteiger partial charge on any atom is 0.349 e. The molecule has 1 atom stereocenters. The number of esters is 1. The molecule has 2 aromatic rings. The standard InChI is InChI=1S/C24H28N2O4/c1-15-7-8-20(11-16(15)2)23(27)19(5)30-24(28)22(14-25)13-21-12-17(3)26(18(21)4)9-10-29-6/h7-8,11-13,19H,9-10H2,1-6H3/b22-13+/t19-/m1/s1. The monoisotopic (exact) mass is 408 g/mol. The summed E-state index contributed by atoms with van der Waals surface area (Å²) < 4.78 is 12.5. The average molecular weight is 408 g/mol. The zero-order chi connectivity index (χ0) is 22.4. The number of ketones is 1. The van der Waals surface area contributed by atoms with Crippen molar-refractivity contribution < 1.29 is 19.1 Å². The number of ether oxygens (including phenoxy) is 2. The van der Waals surface area contributed by atoms with Crippen molar-refractivity contribution in [3.05, 3.63) is 63.5 Å². The highest BCUT2D eigenvalue weighted by atomic mass is 16.5. The summed E-state index contributed by atoms with van der Waals surface area (Å²) in [5, 5.41) is 9.47. The maximum absolute atomic E-state index is 12.6. The van der Waals surface area contributed by atoms with Crippen molar-refractivity contribution in [1.82, 2.24) is 4.57 Å². The Morgan fingerprint density at radius 1 is 1.17 bits per heavy atom. The average Bonchev–Trinajstić information content (AvgIpc) is 2.98. The van der Waals surface area contributed by atoms with Crippen LogP contribution in [0.25, 0.3) is 6.08 Å². The molecule has 6 heteroatoms. The summed E-state index contributed by atoms with van der Waals surface area (Å²) >= 11 is 0. The Labute approximate surface area is 177 Å². The van der Waals surface area contributed by atoms with E-state index in [1.54, 1.807) is 19.2 Å². The molecule has 1 aromatic heterocycles. The molecule has 0 unspecified atom stereocenters. The summed E-state index contributed by atoms with van der Waals surface area (Å²) in [6.07, 6.45) is 0.506. The number of hydrogen-bond acceptors (Lipinski definition) is 5. The van der Waals surface area contributed by atoms with Gasteiger partial charge in [-0.2, -0.15) is 5.26 Å². The Balaban J connectivity index is 2.19. The fourth-order valence-corrected chi connectivity index (χ4v) is 3.20. The highest BCUT2D eigenvalue weighted by molar-refractivity contribution is 6.03. The zero-order valence-electron chi connectivity index (χ0n) is 18.4. The molecule has 2 rings (SSSR count). The smallest absolute Gasteiger partial charge is 0.349 e. The van der Waals surface area contributed by atoms with E-state index in [4.69, 9.17) is 9.47 Å². The van der Waals surface area contributed by atoms with Gasteiger partial charge in [0, 0.05) is 30.6 Å². The van der Waals surface area contributed by atoms with Gasteiger partial charge in [-0.15, -0.1) is 0 Å². The van der Waals surface area contributed by atoms with Gasteiger partial charge in [-0.05, 0) is 69.5 Å². The van der Waals surface area contributed by atoms with Crippen molar-refractivity contribution >= 4 is 17.8 Å². The van der Waals surface area contributed by atoms with Gasteiger partial charge in [0.15, 0.2) is 6.10 Å². The molecular formula is C24H28N2O4. The van der Waals surface area contributed by atoms with Gasteiger partial charge in [-0.3, -0.25) is 4.79 Å². The van der Waals surface area contributed by atoms with Crippen LogP contribution in [0.5, 0.6) is 0 Å². The van der Waals surface area contributed by atoms with Gasteiger partial charge in [-0.25, -0.2) is 4.79 Å². The van der Waals surface area contributed by atoms with Crippen LogP contribution in [-0.2, 0) is 20.8 Å². The van der Waals surface area contributed by atoms with E-state index >= 15 is 0 Å². The second-order valence-electron chi connectivity index (χ2n) is 7.35. The molecule has 158 valence electrons. The number of aryl methyl sites for hydroxylation is 3. The molecule has 0 spiro atoms. The van der Waals surface area contributed by atoms with E-state index in [1.165, 1.54) is 13.0 Å². The van der Waals surface area contributed by atoms with E-state index < -0.39 is 12.1 Å². The Hall–Kier alpha value is -3.17. The van der Waals surface area contributed by atoms with Crippen LogP contribution in [-0.4, -0.2) is 36.1 Å². The number of benzene rings is 1. The maximum atomic E-state index is 12.6. The second-order valence-corrected chi connectivity index (χ2v) is 7.35. The SMILES string of the molecule is COCCn1c(C)cc(/C=C(\C#N)C(=O)O[C@H](C)C(=O)c2ccc(C)c(C)c2)c1C. The third-order valence-electron chi connectivity index (χ3n) is 5.22. The number of nitriles is 1. The van der Waals surface area contributed by atoms with Crippen LogP contribution in [0.15, 0.2) is 29.8 Å².